The van der Waals surface area contributed by atoms with Crippen LogP contribution in [-0.4, -0.2) is 24.4 Å². The first-order chi connectivity index (χ1) is 6.76. The summed E-state index contributed by atoms with van der Waals surface area (Å²) in [6, 6.07) is 3.33. The van der Waals surface area contributed by atoms with E-state index < -0.39 is 12.8 Å². The summed E-state index contributed by atoms with van der Waals surface area (Å²) in [5, 5.41) is 0. The Bertz CT molecular complexity index is 283. The quantitative estimate of drug-likeness (QED) is 0.781. The van der Waals surface area contributed by atoms with Crippen molar-refractivity contribution in [2.75, 3.05) is 13.3 Å². The Hall–Kier alpha value is -1.23. The molecule has 5 heteroatoms. The van der Waals surface area contributed by atoms with Crippen molar-refractivity contribution in [1.82, 2.24) is 4.98 Å². The second-order valence-corrected chi connectivity index (χ2v) is 2.77. The second-order valence-electron chi connectivity index (χ2n) is 2.77. The number of pyridine rings is 1. The molecule has 1 aromatic rings. The number of nitrogens with zero attached hydrogens (tertiary/aromatic N) is 1. The maximum Gasteiger partial charge on any atom is 0.213 e. The fraction of sp³-hybridized carbons (Fsp3) is 0.444. The lowest BCUT2D eigenvalue weighted by Crippen LogP contribution is -2.15. The summed E-state index contributed by atoms with van der Waals surface area (Å²) < 4.78 is 29.1. The van der Waals surface area contributed by atoms with Crippen molar-refractivity contribution in [2.24, 2.45) is 5.73 Å². The molecule has 0 saturated heterocycles. The fourth-order valence-electron chi connectivity index (χ4n) is 0.877. The third kappa shape index (κ3) is 3.26. The average Bonchev–Trinajstić information content (AvgIpc) is 2.26. The summed E-state index contributed by atoms with van der Waals surface area (Å²) >= 11 is 0. The first kappa shape index (κ1) is 10.8. The van der Waals surface area contributed by atoms with Crippen molar-refractivity contribution in [2.45, 2.75) is 12.7 Å². The Labute approximate surface area is 80.9 Å². The second kappa shape index (κ2) is 5.49. The number of halogens is 2. The molecule has 3 nitrogen and oxygen atoms in total. The van der Waals surface area contributed by atoms with E-state index in [4.69, 9.17) is 10.5 Å². The summed E-state index contributed by atoms with van der Waals surface area (Å²) in [6.45, 7) is -1.00. The first-order valence-corrected chi connectivity index (χ1v) is 4.24. The maximum atomic E-state index is 12.4. The van der Waals surface area contributed by atoms with Gasteiger partial charge in [-0.15, -0.1) is 0 Å². The smallest absolute Gasteiger partial charge is 0.213 e. The maximum absolute atomic E-state index is 12.4. The van der Waals surface area contributed by atoms with Gasteiger partial charge in [0, 0.05) is 18.8 Å². The number of hydrogen-bond donors (Lipinski definition) is 1. The lowest BCUT2D eigenvalue weighted by atomic mass is 10.3. The number of alkyl halides is 2. The molecule has 0 radical (unpaired) electrons. The first-order valence-electron chi connectivity index (χ1n) is 4.24. The molecule has 0 saturated carbocycles. The SMILES string of the molecule is NCc1ccnc(OCC(F)CF)c1. The molecule has 1 atom stereocenters. The summed E-state index contributed by atoms with van der Waals surface area (Å²) in [5.41, 5.74) is 6.22. The number of aromatic nitrogens is 1. The van der Waals surface area contributed by atoms with Crippen LogP contribution in [0.1, 0.15) is 5.56 Å². The van der Waals surface area contributed by atoms with Crippen molar-refractivity contribution < 1.29 is 13.5 Å². The number of rotatable bonds is 5. The van der Waals surface area contributed by atoms with Gasteiger partial charge >= 0.3 is 0 Å². The van der Waals surface area contributed by atoms with Gasteiger partial charge in [-0.2, -0.15) is 0 Å². The highest BCUT2D eigenvalue weighted by Crippen LogP contribution is 2.09. The van der Waals surface area contributed by atoms with Gasteiger partial charge in [-0.3, -0.25) is 0 Å². The molecule has 0 bridgehead atoms. The monoisotopic (exact) mass is 202 g/mol. The summed E-state index contributed by atoms with van der Waals surface area (Å²) in [5.74, 6) is 0.268. The third-order valence-electron chi connectivity index (χ3n) is 1.61. The highest BCUT2D eigenvalue weighted by molar-refractivity contribution is 5.20. The van der Waals surface area contributed by atoms with Crippen molar-refractivity contribution in [1.29, 1.82) is 0 Å². The summed E-state index contributed by atoms with van der Waals surface area (Å²) in [4.78, 5) is 3.83. The van der Waals surface area contributed by atoms with Gasteiger partial charge in [0.2, 0.25) is 5.88 Å². The van der Waals surface area contributed by atoms with E-state index in [-0.39, 0.29) is 12.5 Å². The number of ether oxygens (including phenoxy) is 1. The molecule has 0 aliphatic heterocycles. The van der Waals surface area contributed by atoms with E-state index in [0.717, 1.165) is 5.56 Å². The van der Waals surface area contributed by atoms with Crippen LogP contribution in [0.25, 0.3) is 0 Å². The predicted octanol–water partition coefficient (Wildman–Crippen LogP) is 1.23. The minimum absolute atomic E-state index is 0.268. The van der Waals surface area contributed by atoms with E-state index in [1.54, 1.807) is 12.1 Å². The standard InChI is InChI=1S/C9H12F2N2O/c10-4-8(11)6-14-9-3-7(5-12)1-2-13-9/h1-3,8H,4-6,12H2. The van der Waals surface area contributed by atoms with Crippen LogP contribution in [0.4, 0.5) is 8.78 Å². The molecule has 0 aliphatic rings. The molecule has 0 spiro atoms. The van der Waals surface area contributed by atoms with E-state index in [0.29, 0.717) is 6.54 Å². The zero-order valence-electron chi connectivity index (χ0n) is 7.62. The lowest BCUT2D eigenvalue weighted by molar-refractivity contribution is 0.162. The van der Waals surface area contributed by atoms with Crippen LogP contribution in [0, 0.1) is 0 Å². The summed E-state index contributed by atoms with van der Waals surface area (Å²) in [7, 11) is 0. The van der Waals surface area contributed by atoms with Crippen LogP contribution in [0.2, 0.25) is 0 Å². The number of nitrogens with two attached hydrogens (primary N) is 1. The van der Waals surface area contributed by atoms with Crippen LogP contribution in [0.3, 0.4) is 0 Å². The largest absolute Gasteiger partial charge is 0.474 e. The van der Waals surface area contributed by atoms with Crippen LogP contribution in [-0.2, 0) is 6.54 Å². The Kier molecular flexibility index (Phi) is 4.25. The molecule has 0 aromatic carbocycles. The minimum atomic E-state index is -1.60. The highest BCUT2D eigenvalue weighted by Gasteiger charge is 2.06. The van der Waals surface area contributed by atoms with Crippen LogP contribution in [0.5, 0.6) is 5.88 Å². The van der Waals surface area contributed by atoms with Crippen molar-refractivity contribution in [3.8, 4) is 5.88 Å². The lowest BCUT2D eigenvalue weighted by Gasteiger charge is -2.07. The van der Waals surface area contributed by atoms with Gasteiger partial charge in [-0.1, -0.05) is 0 Å². The average molecular weight is 202 g/mol. The molecule has 1 aromatic heterocycles. The van der Waals surface area contributed by atoms with Gasteiger partial charge in [0.25, 0.3) is 0 Å². The van der Waals surface area contributed by atoms with Crippen LogP contribution >= 0.6 is 0 Å². The molecule has 0 aliphatic carbocycles. The molecule has 1 heterocycles. The molecule has 1 rings (SSSR count). The van der Waals surface area contributed by atoms with Gasteiger partial charge < -0.3 is 10.5 Å². The van der Waals surface area contributed by atoms with E-state index in [9.17, 15) is 8.78 Å². The topological polar surface area (TPSA) is 48.1 Å². The van der Waals surface area contributed by atoms with E-state index >= 15 is 0 Å². The molecular weight excluding hydrogens is 190 g/mol. The van der Waals surface area contributed by atoms with E-state index in [1.165, 1.54) is 6.20 Å². The zero-order valence-corrected chi connectivity index (χ0v) is 7.62. The molecule has 0 amide bonds. The van der Waals surface area contributed by atoms with Gasteiger partial charge in [0.05, 0.1) is 0 Å². The van der Waals surface area contributed by atoms with Gasteiger partial charge in [-0.05, 0) is 11.6 Å². The Balaban J connectivity index is 2.50. The molecule has 14 heavy (non-hydrogen) atoms. The van der Waals surface area contributed by atoms with E-state index in [1.807, 2.05) is 0 Å². The van der Waals surface area contributed by atoms with Crippen molar-refractivity contribution in [3.63, 3.8) is 0 Å². The molecular formula is C9H12F2N2O. The Morgan fingerprint density at radius 2 is 2.36 bits per heavy atom. The molecule has 0 fully saturated rings. The van der Waals surface area contributed by atoms with E-state index in [2.05, 4.69) is 4.98 Å². The highest BCUT2D eigenvalue weighted by atomic mass is 19.2. The predicted molar refractivity (Wildman–Crippen MR) is 48.5 cm³/mol. The Morgan fingerprint density at radius 3 is 3.00 bits per heavy atom. The fourth-order valence-corrected chi connectivity index (χ4v) is 0.877. The minimum Gasteiger partial charge on any atom is -0.474 e. The van der Waals surface area contributed by atoms with Gasteiger partial charge in [0.1, 0.15) is 13.3 Å². The molecule has 2 N–H and O–H groups in total. The number of hydrogen-bond acceptors (Lipinski definition) is 3. The van der Waals surface area contributed by atoms with Crippen LogP contribution < -0.4 is 10.5 Å². The third-order valence-corrected chi connectivity index (χ3v) is 1.61. The van der Waals surface area contributed by atoms with Gasteiger partial charge in [0.15, 0.2) is 6.17 Å². The zero-order chi connectivity index (χ0) is 10.4. The summed E-state index contributed by atoms with van der Waals surface area (Å²) in [6.07, 6.45) is -0.0847. The van der Waals surface area contributed by atoms with Crippen molar-refractivity contribution >= 4 is 0 Å². The Morgan fingerprint density at radius 1 is 1.57 bits per heavy atom. The van der Waals surface area contributed by atoms with Gasteiger partial charge in [-0.25, -0.2) is 13.8 Å². The molecule has 1 unspecified atom stereocenters. The molecule has 78 valence electrons. The van der Waals surface area contributed by atoms with Crippen LogP contribution in [0.15, 0.2) is 18.3 Å². The van der Waals surface area contributed by atoms with Crippen molar-refractivity contribution in [3.05, 3.63) is 23.9 Å². The normalized spacial score (nSPS) is 12.5.